The number of hydrogen-bond acceptors (Lipinski definition) is 6. The maximum Gasteiger partial charge on any atom is 0.359 e. The number of rotatable bonds is 6. The summed E-state index contributed by atoms with van der Waals surface area (Å²) in [5.74, 6) is -1.71. The summed E-state index contributed by atoms with van der Waals surface area (Å²) in [6.07, 6.45) is -1.39. The number of nitro groups is 1. The number of pyridine rings is 1. The SMILES string of the molecule is O=C(OC(C(=O)Nc1ccc([N+](=O)[O-])cc1Cl)c1ccccc1)c1nc(Cl)ccc1Cl. The predicted molar refractivity (Wildman–Crippen MR) is 116 cm³/mol. The minimum atomic E-state index is -1.39. The van der Waals surface area contributed by atoms with Gasteiger partial charge < -0.3 is 10.1 Å². The fourth-order valence-corrected chi connectivity index (χ4v) is 3.09. The van der Waals surface area contributed by atoms with E-state index in [4.69, 9.17) is 39.5 Å². The van der Waals surface area contributed by atoms with E-state index in [1.807, 2.05) is 0 Å². The quantitative estimate of drug-likeness (QED) is 0.216. The van der Waals surface area contributed by atoms with E-state index in [9.17, 15) is 19.7 Å². The lowest BCUT2D eigenvalue weighted by molar-refractivity contribution is -0.384. The molecular formula is C20H12Cl3N3O5. The summed E-state index contributed by atoms with van der Waals surface area (Å²) in [6, 6.07) is 14.5. The summed E-state index contributed by atoms with van der Waals surface area (Å²) in [7, 11) is 0. The molecule has 1 N–H and O–H groups in total. The van der Waals surface area contributed by atoms with Crippen molar-refractivity contribution in [1.82, 2.24) is 4.98 Å². The number of aromatic nitrogens is 1. The molecule has 0 aliphatic carbocycles. The van der Waals surface area contributed by atoms with Crippen LogP contribution in [0, 0.1) is 10.1 Å². The highest BCUT2D eigenvalue weighted by Crippen LogP contribution is 2.29. The molecule has 0 fully saturated rings. The molecule has 158 valence electrons. The first-order valence-electron chi connectivity index (χ1n) is 8.59. The smallest absolute Gasteiger partial charge is 0.359 e. The second-order valence-electron chi connectivity index (χ2n) is 6.07. The van der Waals surface area contributed by atoms with Gasteiger partial charge in [0, 0.05) is 17.7 Å². The van der Waals surface area contributed by atoms with Crippen molar-refractivity contribution in [3.8, 4) is 0 Å². The number of ether oxygens (including phenoxy) is 1. The molecule has 8 nitrogen and oxygen atoms in total. The number of esters is 1. The normalized spacial score (nSPS) is 11.5. The van der Waals surface area contributed by atoms with Crippen molar-refractivity contribution in [2.75, 3.05) is 5.32 Å². The van der Waals surface area contributed by atoms with E-state index in [0.717, 1.165) is 6.07 Å². The van der Waals surface area contributed by atoms with Crippen molar-refractivity contribution in [3.05, 3.63) is 97.2 Å². The molecule has 3 aromatic rings. The molecule has 31 heavy (non-hydrogen) atoms. The van der Waals surface area contributed by atoms with Crippen LogP contribution in [0.3, 0.4) is 0 Å². The van der Waals surface area contributed by atoms with Crippen molar-refractivity contribution in [3.63, 3.8) is 0 Å². The Bertz CT molecular complexity index is 1160. The molecular weight excluding hydrogens is 469 g/mol. The molecule has 0 saturated carbocycles. The van der Waals surface area contributed by atoms with Crippen molar-refractivity contribution in [1.29, 1.82) is 0 Å². The van der Waals surface area contributed by atoms with Crippen molar-refractivity contribution >= 4 is 58.1 Å². The first-order chi connectivity index (χ1) is 14.8. The van der Waals surface area contributed by atoms with E-state index in [1.165, 1.54) is 24.3 Å². The molecule has 1 atom stereocenters. The summed E-state index contributed by atoms with van der Waals surface area (Å²) in [5, 5.41) is 13.3. The van der Waals surface area contributed by atoms with E-state index in [1.54, 1.807) is 30.3 Å². The molecule has 1 aromatic heterocycles. The minimum Gasteiger partial charge on any atom is -0.443 e. The standard InChI is InChI=1S/C20H12Cl3N3O5/c21-13-7-9-16(23)25-17(13)20(28)31-18(11-4-2-1-3-5-11)19(27)24-15-8-6-12(26(29)30)10-14(15)22/h1-10,18H,(H,24,27). The number of halogens is 3. The van der Waals surface area contributed by atoms with E-state index in [0.29, 0.717) is 5.56 Å². The summed E-state index contributed by atoms with van der Waals surface area (Å²) < 4.78 is 5.39. The highest BCUT2D eigenvalue weighted by molar-refractivity contribution is 6.35. The van der Waals surface area contributed by atoms with Crippen LogP contribution in [0.2, 0.25) is 15.2 Å². The average Bonchev–Trinajstić information content (AvgIpc) is 2.75. The Hall–Kier alpha value is -3.20. The third kappa shape index (κ3) is 5.49. The Labute approximate surface area is 190 Å². The first-order valence-corrected chi connectivity index (χ1v) is 9.72. The van der Waals surface area contributed by atoms with E-state index in [2.05, 4.69) is 10.3 Å². The maximum absolute atomic E-state index is 12.9. The van der Waals surface area contributed by atoms with E-state index >= 15 is 0 Å². The van der Waals surface area contributed by atoms with Crippen LogP contribution in [0.4, 0.5) is 11.4 Å². The van der Waals surface area contributed by atoms with Gasteiger partial charge in [0.25, 0.3) is 11.6 Å². The third-order valence-electron chi connectivity index (χ3n) is 3.99. The van der Waals surface area contributed by atoms with Gasteiger partial charge in [0.05, 0.1) is 20.7 Å². The average molecular weight is 481 g/mol. The van der Waals surface area contributed by atoms with Gasteiger partial charge in [-0.05, 0) is 18.2 Å². The Morgan fingerprint density at radius 3 is 2.35 bits per heavy atom. The molecule has 1 heterocycles. The van der Waals surface area contributed by atoms with Crippen LogP contribution in [0.5, 0.6) is 0 Å². The number of anilines is 1. The molecule has 1 amide bonds. The fourth-order valence-electron chi connectivity index (χ4n) is 2.54. The number of hydrogen-bond donors (Lipinski definition) is 1. The molecule has 1 unspecified atom stereocenters. The predicted octanol–water partition coefficient (Wildman–Crippen LogP) is 5.49. The number of amides is 1. The van der Waals surface area contributed by atoms with Gasteiger partial charge in [-0.2, -0.15) is 0 Å². The second kappa shape index (κ2) is 9.74. The molecule has 0 bridgehead atoms. The topological polar surface area (TPSA) is 111 Å². The van der Waals surface area contributed by atoms with Gasteiger partial charge in [-0.25, -0.2) is 9.78 Å². The van der Waals surface area contributed by atoms with Gasteiger partial charge in [-0.3, -0.25) is 14.9 Å². The lowest BCUT2D eigenvalue weighted by Crippen LogP contribution is -2.26. The number of non-ortho nitro benzene ring substituents is 1. The van der Waals surface area contributed by atoms with Gasteiger partial charge in [0.2, 0.25) is 6.10 Å². The number of carbonyl (C=O) groups is 2. The maximum atomic E-state index is 12.9. The van der Waals surface area contributed by atoms with Crippen molar-refractivity contribution < 1.29 is 19.2 Å². The lowest BCUT2D eigenvalue weighted by atomic mass is 10.1. The minimum absolute atomic E-state index is 0.0000307. The van der Waals surface area contributed by atoms with Crippen LogP contribution in [-0.2, 0) is 9.53 Å². The molecule has 11 heteroatoms. The Morgan fingerprint density at radius 1 is 1.00 bits per heavy atom. The molecule has 3 rings (SSSR count). The third-order valence-corrected chi connectivity index (χ3v) is 4.82. The van der Waals surface area contributed by atoms with Crippen LogP contribution in [0.15, 0.2) is 60.7 Å². The molecule has 0 spiro atoms. The number of benzene rings is 2. The first kappa shape index (κ1) is 22.5. The van der Waals surface area contributed by atoms with E-state index < -0.39 is 22.9 Å². The zero-order valence-corrected chi connectivity index (χ0v) is 17.7. The summed E-state index contributed by atoms with van der Waals surface area (Å²) in [6.45, 7) is 0. The fraction of sp³-hybridized carbons (Fsp3) is 0.0500. The molecule has 0 saturated heterocycles. The second-order valence-corrected chi connectivity index (χ2v) is 7.27. The monoisotopic (exact) mass is 479 g/mol. The highest BCUT2D eigenvalue weighted by Gasteiger charge is 2.28. The Kier molecular flexibility index (Phi) is 7.06. The van der Waals surface area contributed by atoms with Gasteiger partial charge in [-0.15, -0.1) is 0 Å². The van der Waals surface area contributed by atoms with Crippen molar-refractivity contribution in [2.24, 2.45) is 0 Å². The molecule has 0 radical (unpaired) electrons. The zero-order chi connectivity index (χ0) is 22.5. The van der Waals surface area contributed by atoms with Crippen LogP contribution in [0.25, 0.3) is 0 Å². The number of nitrogens with zero attached hydrogens (tertiary/aromatic N) is 2. The lowest BCUT2D eigenvalue weighted by Gasteiger charge is -2.18. The number of nitro benzene ring substituents is 1. The largest absolute Gasteiger partial charge is 0.443 e. The van der Waals surface area contributed by atoms with E-state index in [-0.39, 0.29) is 32.3 Å². The van der Waals surface area contributed by atoms with Crippen molar-refractivity contribution in [2.45, 2.75) is 6.10 Å². The van der Waals surface area contributed by atoms with Crippen LogP contribution >= 0.6 is 34.8 Å². The van der Waals surface area contributed by atoms with Crippen LogP contribution in [-0.4, -0.2) is 21.8 Å². The molecule has 0 aliphatic rings. The van der Waals surface area contributed by atoms with Gasteiger partial charge in [0.15, 0.2) is 5.69 Å². The number of nitrogens with one attached hydrogen (secondary N) is 1. The van der Waals surface area contributed by atoms with Gasteiger partial charge in [-0.1, -0.05) is 65.1 Å². The zero-order valence-electron chi connectivity index (χ0n) is 15.4. The molecule has 2 aromatic carbocycles. The van der Waals surface area contributed by atoms with Gasteiger partial charge in [0.1, 0.15) is 5.15 Å². The Balaban J connectivity index is 1.89. The van der Waals surface area contributed by atoms with Crippen LogP contribution in [0.1, 0.15) is 22.2 Å². The summed E-state index contributed by atoms with van der Waals surface area (Å²) in [4.78, 5) is 39.7. The highest BCUT2D eigenvalue weighted by atomic mass is 35.5. The Morgan fingerprint density at radius 2 is 1.71 bits per heavy atom. The van der Waals surface area contributed by atoms with Crippen LogP contribution < -0.4 is 5.32 Å². The van der Waals surface area contributed by atoms with Gasteiger partial charge >= 0.3 is 5.97 Å². The number of carbonyl (C=O) groups excluding carboxylic acids is 2. The molecule has 0 aliphatic heterocycles. The summed E-state index contributed by atoms with van der Waals surface area (Å²) in [5.41, 5.74) is -0.0235. The summed E-state index contributed by atoms with van der Waals surface area (Å²) >= 11 is 17.9.